The number of hydrogen-bond acceptors (Lipinski definition) is 7. The minimum atomic E-state index is -5.16. The standard InChI is InChI=1S/C9H7F3N2O6/c1-18-6-5(14(16)17)3-4(8(15)19-2)13-7(6)20-9(10,11)12/h3H,1-2H3. The molecule has 0 saturated carbocycles. The van der Waals surface area contributed by atoms with Gasteiger partial charge in [0.2, 0.25) is 0 Å². The number of nitrogens with zero attached hydrogens (tertiary/aromatic N) is 2. The Morgan fingerprint density at radius 3 is 2.40 bits per heavy atom. The van der Waals surface area contributed by atoms with E-state index in [2.05, 4.69) is 19.2 Å². The molecule has 1 aromatic rings. The van der Waals surface area contributed by atoms with Crippen LogP contribution in [0.3, 0.4) is 0 Å². The Morgan fingerprint density at radius 1 is 1.40 bits per heavy atom. The number of hydrogen-bond donors (Lipinski definition) is 0. The highest BCUT2D eigenvalue weighted by molar-refractivity contribution is 5.88. The third-order valence-corrected chi connectivity index (χ3v) is 1.93. The summed E-state index contributed by atoms with van der Waals surface area (Å²) >= 11 is 0. The van der Waals surface area contributed by atoms with Gasteiger partial charge in [0.25, 0.3) is 11.6 Å². The number of methoxy groups -OCH3 is 2. The molecule has 0 saturated heterocycles. The van der Waals surface area contributed by atoms with Gasteiger partial charge in [-0.05, 0) is 0 Å². The van der Waals surface area contributed by atoms with Gasteiger partial charge in [-0.25, -0.2) is 9.78 Å². The second kappa shape index (κ2) is 5.59. The van der Waals surface area contributed by atoms with E-state index in [-0.39, 0.29) is 0 Å². The molecule has 0 atom stereocenters. The van der Waals surface area contributed by atoms with Gasteiger partial charge >= 0.3 is 18.0 Å². The quantitative estimate of drug-likeness (QED) is 0.473. The first-order chi connectivity index (χ1) is 9.19. The molecule has 0 bridgehead atoms. The summed E-state index contributed by atoms with van der Waals surface area (Å²) in [5.41, 5.74) is -1.64. The Kier molecular flexibility index (Phi) is 4.32. The molecule has 110 valence electrons. The summed E-state index contributed by atoms with van der Waals surface area (Å²) in [6, 6.07) is 0.619. The van der Waals surface area contributed by atoms with Crippen molar-refractivity contribution >= 4 is 11.7 Å². The van der Waals surface area contributed by atoms with Crippen LogP contribution in [0.1, 0.15) is 10.5 Å². The van der Waals surface area contributed by atoms with Crippen LogP contribution in [0.25, 0.3) is 0 Å². The van der Waals surface area contributed by atoms with Crippen LogP contribution in [0.4, 0.5) is 18.9 Å². The smallest absolute Gasteiger partial charge is 0.486 e. The Balaban J connectivity index is 3.49. The number of rotatable bonds is 4. The lowest BCUT2D eigenvalue weighted by atomic mass is 10.3. The predicted octanol–water partition coefficient (Wildman–Crippen LogP) is 1.68. The molecule has 0 aliphatic heterocycles. The van der Waals surface area contributed by atoms with E-state index < -0.39 is 40.3 Å². The molecule has 0 fully saturated rings. The van der Waals surface area contributed by atoms with Crippen LogP contribution in [0.2, 0.25) is 0 Å². The third kappa shape index (κ3) is 3.46. The summed E-state index contributed by atoms with van der Waals surface area (Å²) in [5.74, 6) is -3.28. The minimum Gasteiger partial charge on any atom is -0.486 e. The average molecular weight is 296 g/mol. The van der Waals surface area contributed by atoms with E-state index in [9.17, 15) is 28.1 Å². The van der Waals surface area contributed by atoms with Crippen molar-refractivity contribution in [1.82, 2.24) is 4.98 Å². The van der Waals surface area contributed by atoms with Gasteiger partial charge in [0.15, 0.2) is 5.69 Å². The van der Waals surface area contributed by atoms with E-state index in [1.807, 2.05) is 0 Å². The Hall–Kier alpha value is -2.59. The average Bonchev–Trinajstić information content (AvgIpc) is 2.34. The van der Waals surface area contributed by atoms with E-state index in [4.69, 9.17) is 0 Å². The van der Waals surface area contributed by atoms with E-state index in [0.717, 1.165) is 14.2 Å². The molecule has 1 heterocycles. The lowest BCUT2D eigenvalue weighted by Crippen LogP contribution is -2.20. The second-order valence-corrected chi connectivity index (χ2v) is 3.16. The van der Waals surface area contributed by atoms with E-state index in [1.54, 1.807) is 0 Å². The predicted molar refractivity (Wildman–Crippen MR) is 55.5 cm³/mol. The summed E-state index contributed by atoms with van der Waals surface area (Å²) < 4.78 is 48.8. The molecule has 1 rings (SSSR count). The molecule has 0 aliphatic carbocycles. The van der Waals surface area contributed by atoms with Crippen molar-refractivity contribution in [3.8, 4) is 11.6 Å². The van der Waals surface area contributed by atoms with E-state index in [1.165, 1.54) is 0 Å². The number of nitro groups is 1. The number of halogens is 3. The fourth-order valence-electron chi connectivity index (χ4n) is 1.21. The molecule has 0 unspecified atom stereocenters. The van der Waals surface area contributed by atoms with Crippen LogP contribution in [0.15, 0.2) is 6.07 Å². The van der Waals surface area contributed by atoms with Gasteiger partial charge < -0.3 is 14.2 Å². The zero-order valence-electron chi connectivity index (χ0n) is 10.1. The van der Waals surface area contributed by atoms with Crippen molar-refractivity contribution < 1.29 is 37.1 Å². The Labute approximate surface area is 109 Å². The molecule has 0 amide bonds. The zero-order valence-corrected chi connectivity index (χ0v) is 10.1. The maximum Gasteiger partial charge on any atom is 0.574 e. The normalized spacial score (nSPS) is 10.8. The molecule has 8 nitrogen and oxygen atoms in total. The van der Waals surface area contributed by atoms with Crippen molar-refractivity contribution in [1.29, 1.82) is 0 Å². The summed E-state index contributed by atoms with van der Waals surface area (Å²) in [6.07, 6.45) is -5.16. The first-order valence-electron chi connectivity index (χ1n) is 4.77. The highest BCUT2D eigenvalue weighted by Gasteiger charge is 2.36. The fraction of sp³-hybridized carbons (Fsp3) is 0.333. The number of ether oxygens (including phenoxy) is 3. The lowest BCUT2D eigenvalue weighted by molar-refractivity contribution is -0.386. The Morgan fingerprint density at radius 2 is 2.00 bits per heavy atom. The first-order valence-corrected chi connectivity index (χ1v) is 4.77. The van der Waals surface area contributed by atoms with Crippen LogP contribution in [0, 0.1) is 10.1 Å². The highest BCUT2D eigenvalue weighted by atomic mass is 19.4. The molecule has 0 aromatic carbocycles. The maximum absolute atomic E-state index is 12.2. The van der Waals surface area contributed by atoms with Crippen molar-refractivity contribution in [3.63, 3.8) is 0 Å². The van der Waals surface area contributed by atoms with Gasteiger partial charge in [0, 0.05) is 0 Å². The van der Waals surface area contributed by atoms with Gasteiger partial charge in [-0.15, -0.1) is 13.2 Å². The van der Waals surface area contributed by atoms with Gasteiger partial charge in [-0.1, -0.05) is 0 Å². The molecular formula is C9H7F3N2O6. The van der Waals surface area contributed by atoms with Gasteiger partial charge in [0.05, 0.1) is 25.2 Å². The number of pyridine rings is 1. The van der Waals surface area contributed by atoms with Gasteiger partial charge in [-0.2, -0.15) is 0 Å². The second-order valence-electron chi connectivity index (χ2n) is 3.16. The number of alkyl halides is 3. The SMILES string of the molecule is COC(=O)c1cc([N+](=O)[O-])c(OC)c(OC(F)(F)F)n1. The molecule has 0 radical (unpaired) electrons. The van der Waals surface area contributed by atoms with Crippen LogP contribution < -0.4 is 9.47 Å². The molecule has 0 N–H and O–H groups in total. The molecule has 0 aliphatic rings. The number of carbonyl (C=O) groups is 1. The molecule has 0 spiro atoms. The third-order valence-electron chi connectivity index (χ3n) is 1.93. The fourth-order valence-corrected chi connectivity index (χ4v) is 1.21. The summed E-state index contributed by atoms with van der Waals surface area (Å²) in [7, 11) is 1.83. The topological polar surface area (TPSA) is 101 Å². The van der Waals surface area contributed by atoms with Crippen LogP contribution in [-0.4, -0.2) is 36.5 Å². The van der Waals surface area contributed by atoms with Crippen LogP contribution in [0.5, 0.6) is 11.6 Å². The largest absolute Gasteiger partial charge is 0.574 e. The van der Waals surface area contributed by atoms with Gasteiger partial charge in [-0.3, -0.25) is 10.1 Å². The van der Waals surface area contributed by atoms with E-state index in [0.29, 0.717) is 6.07 Å². The summed E-state index contributed by atoms with van der Waals surface area (Å²) in [6.45, 7) is 0. The van der Waals surface area contributed by atoms with Crippen molar-refractivity contribution in [3.05, 3.63) is 21.9 Å². The van der Waals surface area contributed by atoms with Crippen molar-refractivity contribution in [2.75, 3.05) is 14.2 Å². The zero-order chi connectivity index (χ0) is 15.5. The Bertz CT molecular complexity index is 545. The summed E-state index contributed by atoms with van der Waals surface area (Å²) in [5, 5.41) is 10.8. The monoisotopic (exact) mass is 296 g/mol. The molecule has 20 heavy (non-hydrogen) atoms. The number of carbonyl (C=O) groups excluding carboxylic acids is 1. The van der Waals surface area contributed by atoms with Crippen molar-refractivity contribution in [2.45, 2.75) is 6.36 Å². The molecule has 1 aromatic heterocycles. The van der Waals surface area contributed by atoms with Crippen molar-refractivity contribution in [2.24, 2.45) is 0 Å². The lowest BCUT2D eigenvalue weighted by Gasteiger charge is -2.12. The summed E-state index contributed by atoms with van der Waals surface area (Å²) in [4.78, 5) is 24.1. The van der Waals surface area contributed by atoms with E-state index >= 15 is 0 Å². The molecular weight excluding hydrogens is 289 g/mol. The van der Waals surface area contributed by atoms with Crippen LogP contribution >= 0.6 is 0 Å². The molecule has 11 heteroatoms. The van der Waals surface area contributed by atoms with Gasteiger partial charge in [0.1, 0.15) is 0 Å². The minimum absolute atomic E-state index is 0.619. The highest BCUT2D eigenvalue weighted by Crippen LogP contribution is 2.38. The first kappa shape index (κ1) is 15.5. The maximum atomic E-state index is 12.2. The van der Waals surface area contributed by atoms with Crippen LogP contribution in [-0.2, 0) is 4.74 Å². The number of aromatic nitrogens is 1. The number of esters is 1.